The highest BCUT2D eigenvalue weighted by atomic mass is 35.5. The molecule has 0 unspecified atom stereocenters. The lowest BCUT2D eigenvalue weighted by Crippen LogP contribution is -2.14. The van der Waals surface area contributed by atoms with Gasteiger partial charge in [-0.05, 0) is 55.3 Å². The zero-order chi connectivity index (χ0) is 19.2. The Bertz CT molecular complexity index is 924. The van der Waals surface area contributed by atoms with Crippen LogP contribution in [0.4, 0.5) is 5.69 Å². The first-order valence-electron chi connectivity index (χ1n) is 8.81. The predicted molar refractivity (Wildman–Crippen MR) is 111 cm³/mol. The highest BCUT2D eigenvalue weighted by Gasteiger charge is 2.14. The van der Waals surface area contributed by atoms with Gasteiger partial charge >= 0.3 is 0 Å². The van der Waals surface area contributed by atoms with E-state index < -0.39 is 0 Å². The molecule has 3 rings (SSSR count). The Kier molecular flexibility index (Phi) is 6.53. The van der Waals surface area contributed by atoms with Crippen LogP contribution in [0.3, 0.4) is 0 Å². The van der Waals surface area contributed by atoms with E-state index in [2.05, 4.69) is 22.4 Å². The van der Waals surface area contributed by atoms with Gasteiger partial charge < -0.3 is 9.88 Å². The summed E-state index contributed by atoms with van der Waals surface area (Å²) in [6.45, 7) is 4.84. The van der Waals surface area contributed by atoms with Crippen LogP contribution in [0.2, 0.25) is 5.02 Å². The molecule has 0 aliphatic carbocycles. The van der Waals surface area contributed by atoms with Gasteiger partial charge in [0.05, 0.1) is 5.75 Å². The normalized spacial score (nSPS) is 10.8. The first-order chi connectivity index (χ1) is 13.1. The van der Waals surface area contributed by atoms with Gasteiger partial charge in [0.1, 0.15) is 0 Å². The van der Waals surface area contributed by atoms with Crippen LogP contribution in [0.25, 0.3) is 11.4 Å². The molecule has 0 bridgehead atoms. The van der Waals surface area contributed by atoms with E-state index in [4.69, 9.17) is 11.6 Å². The molecule has 0 fully saturated rings. The van der Waals surface area contributed by atoms with E-state index in [-0.39, 0.29) is 11.7 Å². The number of aromatic nitrogens is 3. The largest absolute Gasteiger partial charge is 0.325 e. The average molecular weight is 401 g/mol. The van der Waals surface area contributed by atoms with E-state index in [1.54, 1.807) is 0 Å². The average Bonchev–Trinajstić information content (AvgIpc) is 3.10. The van der Waals surface area contributed by atoms with Gasteiger partial charge in [-0.15, -0.1) is 10.2 Å². The standard InChI is InChI=1S/C20H21ClN4OS/c1-3-14-6-5-7-17(12-14)22-18(26)13-27-20-24-23-19(25(20)4-2)15-8-10-16(21)11-9-15/h5-12H,3-4,13H2,1-2H3,(H,22,26). The summed E-state index contributed by atoms with van der Waals surface area (Å²) in [4.78, 5) is 12.3. The molecule has 1 amide bonds. The SMILES string of the molecule is CCc1cccc(NC(=O)CSc2nnc(-c3ccc(Cl)cc3)n2CC)c1. The molecule has 1 aromatic heterocycles. The van der Waals surface area contributed by atoms with Crippen molar-refractivity contribution in [1.29, 1.82) is 0 Å². The summed E-state index contributed by atoms with van der Waals surface area (Å²) < 4.78 is 2.00. The summed E-state index contributed by atoms with van der Waals surface area (Å²) in [7, 11) is 0. The zero-order valence-corrected chi connectivity index (χ0v) is 16.8. The molecule has 0 aliphatic heterocycles. The number of hydrogen-bond acceptors (Lipinski definition) is 4. The molecule has 1 N–H and O–H groups in total. The summed E-state index contributed by atoms with van der Waals surface area (Å²) in [5, 5.41) is 12.9. The molecule has 0 radical (unpaired) electrons. The third-order valence-corrected chi connectivity index (χ3v) is 5.31. The van der Waals surface area contributed by atoms with E-state index in [0.29, 0.717) is 11.6 Å². The van der Waals surface area contributed by atoms with Crippen LogP contribution < -0.4 is 5.32 Å². The fraction of sp³-hybridized carbons (Fsp3) is 0.250. The van der Waals surface area contributed by atoms with Gasteiger partial charge in [-0.1, -0.05) is 42.4 Å². The number of anilines is 1. The van der Waals surface area contributed by atoms with Gasteiger partial charge in [-0.2, -0.15) is 0 Å². The van der Waals surface area contributed by atoms with E-state index in [1.165, 1.54) is 17.3 Å². The molecule has 5 nitrogen and oxygen atoms in total. The van der Waals surface area contributed by atoms with Gasteiger partial charge in [-0.25, -0.2) is 0 Å². The second kappa shape index (κ2) is 9.06. The number of carbonyl (C=O) groups excluding carboxylic acids is 1. The van der Waals surface area contributed by atoms with E-state index in [0.717, 1.165) is 28.7 Å². The fourth-order valence-electron chi connectivity index (χ4n) is 2.69. The lowest BCUT2D eigenvalue weighted by atomic mass is 10.1. The number of halogens is 1. The number of nitrogens with one attached hydrogen (secondary N) is 1. The van der Waals surface area contributed by atoms with Crippen LogP contribution in [0.1, 0.15) is 19.4 Å². The van der Waals surface area contributed by atoms with Crippen molar-refractivity contribution < 1.29 is 4.79 Å². The third kappa shape index (κ3) is 4.90. The third-order valence-electron chi connectivity index (χ3n) is 4.09. The predicted octanol–water partition coefficient (Wildman–Crippen LogP) is 4.91. The first-order valence-corrected chi connectivity index (χ1v) is 10.2. The molecule has 0 spiro atoms. The number of aryl methyl sites for hydroxylation is 1. The molecule has 0 aliphatic rings. The van der Waals surface area contributed by atoms with Gasteiger partial charge in [0.25, 0.3) is 0 Å². The number of benzene rings is 2. The number of carbonyl (C=O) groups is 1. The molecule has 2 aromatic carbocycles. The molecule has 0 atom stereocenters. The smallest absolute Gasteiger partial charge is 0.234 e. The Labute approximate surface area is 168 Å². The maximum Gasteiger partial charge on any atom is 0.234 e. The van der Waals surface area contributed by atoms with Crippen molar-refractivity contribution in [3.8, 4) is 11.4 Å². The monoisotopic (exact) mass is 400 g/mol. The molecule has 1 heterocycles. The summed E-state index contributed by atoms with van der Waals surface area (Å²) >= 11 is 7.34. The second-order valence-corrected chi connectivity index (χ2v) is 7.33. The molecule has 3 aromatic rings. The van der Waals surface area contributed by atoms with Crippen molar-refractivity contribution in [2.75, 3.05) is 11.1 Å². The Balaban J connectivity index is 1.67. The fourth-order valence-corrected chi connectivity index (χ4v) is 3.62. The van der Waals surface area contributed by atoms with Crippen LogP contribution in [-0.2, 0) is 17.8 Å². The van der Waals surface area contributed by atoms with Crippen molar-refractivity contribution in [1.82, 2.24) is 14.8 Å². The highest BCUT2D eigenvalue weighted by Crippen LogP contribution is 2.25. The number of rotatable bonds is 7. The first kappa shape index (κ1) is 19.5. The minimum Gasteiger partial charge on any atom is -0.325 e. The molecular weight excluding hydrogens is 380 g/mol. The van der Waals surface area contributed by atoms with Crippen molar-refractivity contribution in [2.24, 2.45) is 0 Å². The summed E-state index contributed by atoms with van der Waals surface area (Å²) in [5.74, 6) is 0.981. The van der Waals surface area contributed by atoms with Crippen LogP contribution >= 0.6 is 23.4 Å². The topological polar surface area (TPSA) is 59.8 Å². The second-order valence-electron chi connectivity index (χ2n) is 5.95. The minimum atomic E-state index is -0.0630. The van der Waals surface area contributed by atoms with E-state index >= 15 is 0 Å². The zero-order valence-electron chi connectivity index (χ0n) is 15.3. The molecule has 7 heteroatoms. The van der Waals surface area contributed by atoms with Gasteiger partial charge in [0.2, 0.25) is 5.91 Å². The van der Waals surface area contributed by atoms with Gasteiger partial charge in [-0.3, -0.25) is 4.79 Å². The quantitative estimate of drug-likeness (QED) is 0.572. The van der Waals surface area contributed by atoms with Crippen molar-refractivity contribution in [3.05, 3.63) is 59.1 Å². The summed E-state index contributed by atoms with van der Waals surface area (Å²) in [6, 6.07) is 15.4. The van der Waals surface area contributed by atoms with Crippen LogP contribution in [-0.4, -0.2) is 26.4 Å². The Morgan fingerprint density at radius 3 is 2.63 bits per heavy atom. The number of hydrogen-bond donors (Lipinski definition) is 1. The van der Waals surface area contributed by atoms with E-state index in [9.17, 15) is 4.79 Å². The maximum atomic E-state index is 12.3. The van der Waals surface area contributed by atoms with Crippen LogP contribution in [0.5, 0.6) is 0 Å². The molecule has 27 heavy (non-hydrogen) atoms. The van der Waals surface area contributed by atoms with Crippen LogP contribution in [0.15, 0.2) is 53.7 Å². The lowest BCUT2D eigenvalue weighted by Gasteiger charge is -2.08. The summed E-state index contributed by atoms with van der Waals surface area (Å²) in [5.41, 5.74) is 2.96. The highest BCUT2D eigenvalue weighted by molar-refractivity contribution is 7.99. The van der Waals surface area contributed by atoms with Crippen LogP contribution in [0, 0.1) is 0 Å². The van der Waals surface area contributed by atoms with Crippen molar-refractivity contribution >= 4 is 35.0 Å². The number of thioether (sulfide) groups is 1. The van der Waals surface area contributed by atoms with Crippen molar-refractivity contribution in [2.45, 2.75) is 32.0 Å². The molecular formula is C20H21ClN4OS. The Morgan fingerprint density at radius 1 is 1.15 bits per heavy atom. The number of amides is 1. The summed E-state index contributed by atoms with van der Waals surface area (Å²) in [6.07, 6.45) is 0.936. The van der Waals surface area contributed by atoms with Crippen molar-refractivity contribution in [3.63, 3.8) is 0 Å². The molecule has 0 saturated heterocycles. The number of nitrogens with zero attached hydrogens (tertiary/aromatic N) is 3. The lowest BCUT2D eigenvalue weighted by molar-refractivity contribution is -0.113. The maximum absolute atomic E-state index is 12.3. The van der Waals surface area contributed by atoms with Gasteiger partial charge in [0.15, 0.2) is 11.0 Å². The van der Waals surface area contributed by atoms with E-state index in [1.807, 2.05) is 60.0 Å². The molecule has 0 saturated carbocycles. The van der Waals surface area contributed by atoms with Gasteiger partial charge in [0, 0.05) is 22.8 Å². The Morgan fingerprint density at radius 2 is 1.93 bits per heavy atom. The Hall–Kier alpha value is -2.31. The minimum absolute atomic E-state index is 0.0630. The molecule has 140 valence electrons.